The lowest BCUT2D eigenvalue weighted by atomic mass is 9.96. The molecule has 0 bridgehead atoms. The molecule has 7 nitrogen and oxygen atoms in total. The number of nitrogens with two attached hydrogens (primary N) is 1. The van der Waals surface area contributed by atoms with Gasteiger partial charge in [-0.05, 0) is 17.2 Å². The second-order valence-electron chi connectivity index (χ2n) is 5.73. The number of benzene rings is 2. The summed E-state index contributed by atoms with van der Waals surface area (Å²) >= 11 is 0. The number of nitriles is 1. The summed E-state index contributed by atoms with van der Waals surface area (Å²) in [5.74, 6) is -0.493. The van der Waals surface area contributed by atoms with Gasteiger partial charge in [0.1, 0.15) is 6.07 Å². The summed E-state index contributed by atoms with van der Waals surface area (Å²) in [5.41, 5.74) is 2.67. The lowest BCUT2D eigenvalue weighted by Gasteiger charge is -2.11. The van der Waals surface area contributed by atoms with Crippen molar-refractivity contribution in [3.63, 3.8) is 0 Å². The summed E-state index contributed by atoms with van der Waals surface area (Å²) in [5, 5.41) is 14.8. The smallest absolute Gasteiger partial charge is 0.274 e. The van der Waals surface area contributed by atoms with E-state index in [1.165, 1.54) is 25.4 Å². The second kappa shape index (κ2) is 7.28. The van der Waals surface area contributed by atoms with Crippen LogP contribution in [0.1, 0.15) is 11.1 Å². The van der Waals surface area contributed by atoms with Crippen LogP contribution in [0.15, 0.2) is 42.6 Å². The molecule has 3 rings (SSSR count). The average Bonchev–Trinajstić information content (AvgIpc) is 2.65. The minimum atomic E-state index is -3.79. The zero-order valence-electron chi connectivity index (χ0n) is 14.2. The highest BCUT2D eigenvalue weighted by atomic mass is 32.2. The minimum Gasteiger partial charge on any atom is -0.494 e. The number of nitrogens with zero attached hydrogens (tertiary/aromatic N) is 2. The maximum atomic E-state index is 14.2. The molecule has 138 valence electrons. The third-order valence-electron chi connectivity index (χ3n) is 3.98. The summed E-state index contributed by atoms with van der Waals surface area (Å²) in [6.45, 7) is 0.0349. The number of rotatable bonds is 5. The highest BCUT2D eigenvalue weighted by molar-refractivity contribution is 7.87. The Hall–Kier alpha value is -3.06. The average molecular weight is 386 g/mol. The largest absolute Gasteiger partial charge is 0.494 e. The molecular formula is C18H15FN4O3S. The minimum absolute atomic E-state index is 0.0349. The van der Waals surface area contributed by atoms with Crippen molar-refractivity contribution in [2.24, 2.45) is 5.14 Å². The van der Waals surface area contributed by atoms with Crippen molar-refractivity contribution in [2.75, 3.05) is 7.11 Å². The van der Waals surface area contributed by atoms with Crippen molar-refractivity contribution in [2.45, 2.75) is 6.54 Å². The molecule has 2 aromatic carbocycles. The Morgan fingerprint density at radius 2 is 2.00 bits per heavy atom. The lowest BCUT2D eigenvalue weighted by molar-refractivity contribution is 0.387. The maximum absolute atomic E-state index is 14.2. The number of pyridine rings is 1. The van der Waals surface area contributed by atoms with Gasteiger partial charge in [-0.2, -0.15) is 18.4 Å². The molecule has 3 N–H and O–H groups in total. The van der Waals surface area contributed by atoms with Gasteiger partial charge in [-0.25, -0.2) is 9.53 Å². The molecule has 0 spiro atoms. The number of aromatic nitrogens is 1. The number of ether oxygens (including phenoxy) is 1. The van der Waals surface area contributed by atoms with E-state index in [0.29, 0.717) is 33.2 Å². The predicted molar refractivity (Wildman–Crippen MR) is 98.4 cm³/mol. The number of fused-ring (bicyclic) bond motifs is 1. The first-order chi connectivity index (χ1) is 12.8. The first-order valence-electron chi connectivity index (χ1n) is 7.75. The quantitative estimate of drug-likeness (QED) is 0.697. The van der Waals surface area contributed by atoms with Gasteiger partial charge in [0.05, 0.1) is 18.2 Å². The molecule has 0 amide bonds. The van der Waals surface area contributed by atoms with Crippen LogP contribution in [0.3, 0.4) is 0 Å². The van der Waals surface area contributed by atoms with Gasteiger partial charge in [0.25, 0.3) is 10.2 Å². The van der Waals surface area contributed by atoms with Crippen LogP contribution < -0.4 is 14.6 Å². The second-order valence-corrected chi connectivity index (χ2v) is 7.10. The van der Waals surface area contributed by atoms with Gasteiger partial charge in [0, 0.05) is 29.8 Å². The molecule has 0 radical (unpaired) electrons. The molecular weight excluding hydrogens is 371 g/mol. The Bertz CT molecular complexity index is 1160. The first-order valence-corrected chi connectivity index (χ1v) is 9.30. The van der Waals surface area contributed by atoms with E-state index in [9.17, 15) is 18.1 Å². The standard InChI is InChI=1S/C18H15FN4O3S/c1-26-17-7-16-14(6-15(17)19)18(13(8-20)10-22-16)12-4-2-11(3-5-12)9-23-27(21,24)25/h2-7,10,23H,9H2,1H3,(H2,21,24,25). The monoisotopic (exact) mass is 386 g/mol. The molecule has 0 atom stereocenters. The summed E-state index contributed by atoms with van der Waals surface area (Å²) in [4.78, 5) is 4.20. The number of hydrogen-bond acceptors (Lipinski definition) is 5. The fraction of sp³-hybridized carbons (Fsp3) is 0.111. The highest BCUT2D eigenvalue weighted by Crippen LogP contribution is 2.34. The van der Waals surface area contributed by atoms with Crippen LogP contribution in [0.25, 0.3) is 22.0 Å². The zero-order valence-corrected chi connectivity index (χ0v) is 15.0. The molecule has 0 aliphatic rings. The first kappa shape index (κ1) is 18.7. The van der Waals surface area contributed by atoms with Crippen molar-refractivity contribution >= 4 is 21.1 Å². The summed E-state index contributed by atoms with van der Waals surface area (Å²) < 4.78 is 43.4. The van der Waals surface area contributed by atoms with Crippen LogP contribution >= 0.6 is 0 Å². The van der Waals surface area contributed by atoms with E-state index in [4.69, 9.17) is 9.88 Å². The maximum Gasteiger partial charge on any atom is 0.274 e. The molecule has 1 heterocycles. The van der Waals surface area contributed by atoms with E-state index in [1.54, 1.807) is 24.3 Å². The van der Waals surface area contributed by atoms with E-state index < -0.39 is 16.0 Å². The van der Waals surface area contributed by atoms with Crippen molar-refractivity contribution in [1.82, 2.24) is 9.71 Å². The lowest BCUT2D eigenvalue weighted by Crippen LogP contribution is -2.30. The van der Waals surface area contributed by atoms with E-state index in [-0.39, 0.29) is 12.3 Å². The molecule has 0 unspecified atom stereocenters. The molecule has 1 aromatic heterocycles. The SMILES string of the molecule is COc1cc2ncc(C#N)c(-c3ccc(CNS(N)(=O)=O)cc3)c2cc1F. The Kier molecular flexibility index (Phi) is 5.05. The van der Waals surface area contributed by atoms with Gasteiger partial charge in [0.15, 0.2) is 11.6 Å². The third kappa shape index (κ3) is 4.03. The van der Waals surface area contributed by atoms with Crippen LogP contribution in [-0.2, 0) is 16.8 Å². The van der Waals surface area contributed by atoms with Crippen molar-refractivity contribution < 1.29 is 17.5 Å². The van der Waals surface area contributed by atoms with Gasteiger partial charge in [-0.1, -0.05) is 24.3 Å². The fourth-order valence-electron chi connectivity index (χ4n) is 2.72. The molecule has 27 heavy (non-hydrogen) atoms. The molecule has 0 saturated carbocycles. The number of hydrogen-bond donors (Lipinski definition) is 2. The van der Waals surface area contributed by atoms with Gasteiger partial charge in [0.2, 0.25) is 0 Å². The van der Waals surface area contributed by atoms with Gasteiger partial charge in [-0.15, -0.1) is 0 Å². The van der Waals surface area contributed by atoms with Gasteiger partial charge < -0.3 is 4.74 Å². The topological polar surface area (TPSA) is 118 Å². The van der Waals surface area contributed by atoms with Crippen LogP contribution in [-0.4, -0.2) is 20.5 Å². The van der Waals surface area contributed by atoms with Crippen LogP contribution in [0, 0.1) is 17.1 Å². The Labute approximate surface area is 155 Å². The third-order valence-corrected chi connectivity index (χ3v) is 4.53. The predicted octanol–water partition coefficient (Wildman–Crippen LogP) is 2.21. The summed E-state index contributed by atoms with van der Waals surface area (Å²) in [6, 6.07) is 11.7. The van der Waals surface area contributed by atoms with Crippen molar-refractivity contribution in [3.05, 3.63) is 59.5 Å². The fourth-order valence-corrected chi connectivity index (χ4v) is 3.09. The molecule has 0 fully saturated rings. The van der Waals surface area contributed by atoms with Crippen LogP contribution in [0.5, 0.6) is 5.75 Å². The summed E-state index contributed by atoms with van der Waals surface area (Å²) in [6.07, 6.45) is 1.42. The van der Waals surface area contributed by atoms with Gasteiger partial charge in [-0.3, -0.25) is 4.98 Å². The summed E-state index contributed by atoms with van der Waals surface area (Å²) in [7, 11) is -2.43. The highest BCUT2D eigenvalue weighted by Gasteiger charge is 2.15. The Morgan fingerprint density at radius 1 is 1.30 bits per heavy atom. The van der Waals surface area contributed by atoms with Gasteiger partial charge >= 0.3 is 0 Å². The number of halogens is 1. The number of nitrogens with one attached hydrogen (secondary N) is 1. The Balaban J connectivity index is 2.10. The Morgan fingerprint density at radius 3 is 2.59 bits per heavy atom. The van der Waals surface area contributed by atoms with Crippen LogP contribution in [0.4, 0.5) is 4.39 Å². The van der Waals surface area contributed by atoms with E-state index in [2.05, 4.69) is 15.8 Å². The van der Waals surface area contributed by atoms with E-state index in [0.717, 1.165) is 0 Å². The molecule has 0 aliphatic carbocycles. The normalized spacial score (nSPS) is 11.3. The van der Waals surface area contributed by atoms with Crippen molar-refractivity contribution in [3.8, 4) is 22.9 Å². The van der Waals surface area contributed by atoms with Crippen molar-refractivity contribution in [1.29, 1.82) is 5.26 Å². The van der Waals surface area contributed by atoms with E-state index >= 15 is 0 Å². The molecule has 0 saturated heterocycles. The van der Waals surface area contributed by atoms with E-state index in [1.807, 2.05) is 0 Å². The number of methoxy groups -OCH3 is 1. The molecule has 0 aliphatic heterocycles. The van der Waals surface area contributed by atoms with Crippen LogP contribution in [0.2, 0.25) is 0 Å². The molecule has 9 heteroatoms. The zero-order chi connectivity index (χ0) is 19.6. The molecule has 3 aromatic rings.